The van der Waals surface area contributed by atoms with Crippen molar-refractivity contribution >= 4 is 15.9 Å². The van der Waals surface area contributed by atoms with Crippen molar-refractivity contribution in [3.8, 4) is 11.5 Å². The molecular weight excluding hydrogens is 327 g/mol. The fourth-order valence-corrected chi connectivity index (χ4v) is 2.38. The second-order valence-corrected chi connectivity index (χ2v) is 5.53. The van der Waals surface area contributed by atoms with E-state index in [4.69, 9.17) is 4.52 Å². The van der Waals surface area contributed by atoms with Gasteiger partial charge in [0, 0.05) is 31.7 Å². The third-order valence-corrected chi connectivity index (χ3v) is 3.85. The molecule has 7 heteroatoms. The normalized spacial score (nSPS) is 16.5. The molecule has 0 aliphatic carbocycles. The minimum absolute atomic E-state index is 0.343. The van der Waals surface area contributed by atoms with Gasteiger partial charge in [0.1, 0.15) is 5.82 Å². The third-order valence-electron chi connectivity index (χ3n) is 3.21. The predicted molar refractivity (Wildman–Crippen MR) is 75.5 cm³/mol. The molecule has 3 rings (SSSR count). The van der Waals surface area contributed by atoms with Crippen LogP contribution in [0.5, 0.6) is 0 Å². The number of nitrogens with one attached hydrogen (secondary N) is 1. The molecule has 0 radical (unpaired) electrons. The molecule has 5 nitrogen and oxygen atoms in total. The first kappa shape index (κ1) is 13.7. The molecule has 0 atom stereocenters. The van der Waals surface area contributed by atoms with E-state index in [1.165, 1.54) is 6.07 Å². The molecule has 20 heavy (non-hydrogen) atoms. The lowest BCUT2D eigenvalue weighted by molar-refractivity contribution is 0.225. The quantitative estimate of drug-likeness (QED) is 0.926. The number of hydrogen-bond acceptors (Lipinski definition) is 5. The molecule has 106 valence electrons. The summed E-state index contributed by atoms with van der Waals surface area (Å²) < 4.78 is 19.1. The summed E-state index contributed by atoms with van der Waals surface area (Å²) in [6.07, 6.45) is 0. The summed E-state index contributed by atoms with van der Waals surface area (Å²) >= 11 is 3.12. The number of hydrogen-bond donors (Lipinski definition) is 1. The van der Waals surface area contributed by atoms with Gasteiger partial charge < -0.3 is 9.84 Å². The van der Waals surface area contributed by atoms with Crippen molar-refractivity contribution in [2.45, 2.75) is 6.54 Å². The second kappa shape index (κ2) is 5.99. The van der Waals surface area contributed by atoms with Crippen molar-refractivity contribution in [1.82, 2.24) is 20.4 Å². The summed E-state index contributed by atoms with van der Waals surface area (Å²) in [6.45, 7) is 4.54. The highest BCUT2D eigenvalue weighted by molar-refractivity contribution is 9.10. The molecule has 1 aliphatic heterocycles. The number of aromatic nitrogens is 2. The first-order valence-electron chi connectivity index (χ1n) is 6.43. The van der Waals surface area contributed by atoms with E-state index in [-0.39, 0.29) is 5.82 Å². The van der Waals surface area contributed by atoms with E-state index in [0.29, 0.717) is 28.3 Å². The average molecular weight is 341 g/mol. The lowest BCUT2D eigenvalue weighted by Crippen LogP contribution is -2.43. The molecule has 2 aromatic rings. The first-order valence-corrected chi connectivity index (χ1v) is 7.23. The van der Waals surface area contributed by atoms with E-state index in [1.807, 2.05) is 0 Å². The molecule has 1 N–H and O–H groups in total. The van der Waals surface area contributed by atoms with E-state index >= 15 is 0 Å². The zero-order valence-electron chi connectivity index (χ0n) is 10.8. The van der Waals surface area contributed by atoms with Gasteiger partial charge in [0.2, 0.25) is 0 Å². The fraction of sp³-hybridized carbons (Fsp3) is 0.385. The van der Waals surface area contributed by atoms with Crippen molar-refractivity contribution in [3.63, 3.8) is 0 Å². The van der Waals surface area contributed by atoms with Crippen LogP contribution in [-0.4, -0.2) is 41.2 Å². The number of benzene rings is 1. The molecule has 0 amide bonds. The highest BCUT2D eigenvalue weighted by Crippen LogP contribution is 2.23. The van der Waals surface area contributed by atoms with Gasteiger partial charge in [-0.15, -0.1) is 0 Å². The molecule has 2 heterocycles. The van der Waals surface area contributed by atoms with E-state index in [2.05, 4.69) is 36.3 Å². The van der Waals surface area contributed by atoms with Crippen LogP contribution in [-0.2, 0) is 6.54 Å². The van der Waals surface area contributed by atoms with E-state index in [1.54, 1.807) is 12.1 Å². The molecule has 0 unspecified atom stereocenters. The number of rotatable bonds is 3. The second-order valence-electron chi connectivity index (χ2n) is 4.67. The molecule has 1 aliphatic rings. The lowest BCUT2D eigenvalue weighted by atomic mass is 10.2. The summed E-state index contributed by atoms with van der Waals surface area (Å²) in [4.78, 5) is 6.58. The summed E-state index contributed by atoms with van der Waals surface area (Å²) in [7, 11) is 0. The zero-order valence-corrected chi connectivity index (χ0v) is 12.4. The van der Waals surface area contributed by atoms with E-state index in [0.717, 1.165) is 26.2 Å². The van der Waals surface area contributed by atoms with Gasteiger partial charge >= 0.3 is 0 Å². The Morgan fingerprint density at radius 2 is 2.15 bits per heavy atom. The van der Waals surface area contributed by atoms with E-state index in [9.17, 15) is 4.39 Å². The predicted octanol–water partition coefficient (Wildman–Crippen LogP) is 2.04. The number of nitrogens with zero attached hydrogens (tertiary/aromatic N) is 3. The Hall–Kier alpha value is -1.31. The maximum Gasteiger partial charge on any atom is 0.258 e. The van der Waals surface area contributed by atoms with Gasteiger partial charge in [0.15, 0.2) is 5.82 Å². The van der Waals surface area contributed by atoms with Gasteiger partial charge in [-0.3, -0.25) is 4.90 Å². The van der Waals surface area contributed by atoms with Crippen LogP contribution < -0.4 is 5.32 Å². The minimum Gasteiger partial charge on any atom is -0.334 e. The Bertz CT molecular complexity index is 598. The molecule has 0 saturated carbocycles. The third kappa shape index (κ3) is 3.05. The van der Waals surface area contributed by atoms with Crippen LogP contribution in [0.1, 0.15) is 5.82 Å². The minimum atomic E-state index is -0.343. The molecule has 1 aromatic heterocycles. The lowest BCUT2D eigenvalue weighted by Gasteiger charge is -2.25. The largest absolute Gasteiger partial charge is 0.334 e. The summed E-state index contributed by atoms with van der Waals surface area (Å²) in [5, 5.41) is 7.25. The van der Waals surface area contributed by atoms with Crippen molar-refractivity contribution in [3.05, 3.63) is 34.3 Å². The average Bonchev–Trinajstić information content (AvgIpc) is 2.91. The maximum atomic E-state index is 13.5. The molecule has 1 saturated heterocycles. The summed E-state index contributed by atoms with van der Waals surface area (Å²) in [5.74, 6) is 0.635. The molecule has 1 aromatic carbocycles. The Morgan fingerprint density at radius 1 is 1.35 bits per heavy atom. The smallest absolute Gasteiger partial charge is 0.258 e. The van der Waals surface area contributed by atoms with Crippen LogP contribution in [0, 0.1) is 5.82 Å². The van der Waals surface area contributed by atoms with Gasteiger partial charge in [0.25, 0.3) is 5.89 Å². The maximum absolute atomic E-state index is 13.5. The fourth-order valence-electron chi connectivity index (χ4n) is 2.13. The number of piperazine rings is 1. The van der Waals surface area contributed by atoms with Crippen molar-refractivity contribution in [2.75, 3.05) is 26.2 Å². The zero-order chi connectivity index (χ0) is 13.9. The molecule has 0 spiro atoms. The number of halogens is 2. The van der Waals surface area contributed by atoms with Crippen molar-refractivity contribution in [2.24, 2.45) is 0 Å². The van der Waals surface area contributed by atoms with Crippen molar-refractivity contribution < 1.29 is 8.91 Å². The Kier molecular flexibility index (Phi) is 4.09. The van der Waals surface area contributed by atoms with Gasteiger partial charge in [-0.1, -0.05) is 5.16 Å². The van der Waals surface area contributed by atoms with Gasteiger partial charge in [-0.2, -0.15) is 4.98 Å². The Balaban J connectivity index is 1.73. The van der Waals surface area contributed by atoms with Gasteiger partial charge in [-0.05, 0) is 34.1 Å². The van der Waals surface area contributed by atoms with Crippen LogP contribution in [0.4, 0.5) is 4.39 Å². The highest BCUT2D eigenvalue weighted by atomic mass is 79.9. The monoisotopic (exact) mass is 340 g/mol. The standard InChI is InChI=1S/C13H14BrFN4O/c14-10-2-1-9(7-11(10)15)13-17-12(18-20-13)8-19-5-3-16-4-6-19/h1-2,7,16H,3-6,8H2. The van der Waals surface area contributed by atoms with Crippen LogP contribution in [0.2, 0.25) is 0 Å². The first-order chi connectivity index (χ1) is 9.72. The molecule has 0 bridgehead atoms. The van der Waals surface area contributed by atoms with Crippen LogP contribution >= 0.6 is 15.9 Å². The topological polar surface area (TPSA) is 54.2 Å². The van der Waals surface area contributed by atoms with Gasteiger partial charge in [0.05, 0.1) is 11.0 Å². The molecular formula is C13H14BrFN4O. The Labute approximate surface area is 124 Å². The summed E-state index contributed by atoms with van der Waals surface area (Å²) in [5.41, 5.74) is 0.588. The molecule has 1 fully saturated rings. The summed E-state index contributed by atoms with van der Waals surface area (Å²) in [6, 6.07) is 4.76. The van der Waals surface area contributed by atoms with Crippen LogP contribution in [0.3, 0.4) is 0 Å². The van der Waals surface area contributed by atoms with Crippen LogP contribution in [0.15, 0.2) is 27.2 Å². The highest BCUT2D eigenvalue weighted by Gasteiger charge is 2.15. The van der Waals surface area contributed by atoms with Gasteiger partial charge in [-0.25, -0.2) is 4.39 Å². The van der Waals surface area contributed by atoms with Crippen LogP contribution in [0.25, 0.3) is 11.5 Å². The van der Waals surface area contributed by atoms with E-state index < -0.39 is 0 Å². The SMILES string of the molecule is Fc1cc(-c2nc(CN3CCNCC3)no2)ccc1Br. The van der Waals surface area contributed by atoms with Crippen molar-refractivity contribution in [1.29, 1.82) is 0 Å². The Morgan fingerprint density at radius 3 is 2.90 bits per heavy atom.